The smallest absolute Gasteiger partial charge is 0.251 e. The number of rotatable bonds is 3. The minimum atomic E-state index is -2.15. The van der Waals surface area contributed by atoms with Crippen LogP contribution in [0.1, 0.15) is 39.0 Å². The highest BCUT2D eigenvalue weighted by molar-refractivity contribution is 14.1. The van der Waals surface area contributed by atoms with Crippen LogP contribution in [0.5, 0.6) is 0 Å². The van der Waals surface area contributed by atoms with Crippen LogP contribution in [-0.2, 0) is 9.74 Å². The molecule has 0 aliphatic heterocycles. The van der Waals surface area contributed by atoms with Crippen molar-refractivity contribution in [3.05, 3.63) is 0 Å². The Labute approximate surface area is 102 Å². The molecule has 3 atom stereocenters. The Morgan fingerprint density at radius 2 is 2.13 bits per heavy atom. The second-order valence-electron chi connectivity index (χ2n) is 3.99. The van der Waals surface area contributed by atoms with Crippen molar-refractivity contribution in [2.45, 2.75) is 48.6 Å². The minimum absolute atomic E-state index is 0.0279. The Kier molecular flexibility index (Phi) is 4.73. The molecular weight excluding hydrogens is 317 g/mol. The summed E-state index contributed by atoms with van der Waals surface area (Å²) in [6.07, 6.45) is 3.44. The third kappa shape index (κ3) is 2.60. The van der Waals surface area contributed by atoms with Crippen molar-refractivity contribution >= 4 is 28.6 Å². The van der Waals surface area contributed by atoms with Crippen LogP contribution in [0, 0.1) is 5.92 Å². The molecule has 1 aliphatic carbocycles. The van der Waals surface area contributed by atoms with Crippen molar-refractivity contribution in [1.82, 2.24) is 0 Å². The molecule has 3 unspecified atom stereocenters. The summed E-state index contributed by atoms with van der Waals surface area (Å²) in [6, 6.07) is 0. The standard InChI is InChI=1S/C10H15F2IO2/c1-2-10(11,9(14)15-12)7-5-3-4-6-8(7)13/h7-8H,2-6H2,1H3. The molecule has 0 heterocycles. The molecule has 1 aliphatic rings. The van der Waals surface area contributed by atoms with Gasteiger partial charge in [0.2, 0.25) is 5.67 Å². The minimum Gasteiger partial charge on any atom is -0.251 e. The van der Waals surface area contributed by atoms with Gasteiger partial charge in [0.1, 0.15) is 0 Å². The Bertz CT molecular complexity index is 237. The van der Waals surface area contributed by atoms with Gasteiger partial charge in [-0.1, -0.05) is 42.4 Å². The number of hydrogen-bond donors (Lipinski definition) is 0. The molecule has 0 aromatic heterocycles. The van der Waals surface area contributed by atoms with Crippen LogP contribution in [0.3, 0.4) is 0 Å². The highest BCUT2D eigenvalue weighted by Gasteiger charge is 2.50. The van der Waals surface area contributed by atoms with Gasteiger partial charge in [-0.05, 0) is 19.3 Å². The Balaban J connectivity index is 2.83. The van der Waals surface area contributed by atoms with Crippen molar-refractivity contribution in [1.29, 1.82) is 0 Å². The van der Waals surface area contributed by atoms with E-state index >= 15 is 0 Å². The summed E-state index contributed by atoms with van der Waals surface area (Å²) in [5.41, 5.74) is -2.15. The maximum atomic E-state index is 14.3. The molecule has 0 amide bonds. The molecule has 5 heteroatoms. The molecule has 0 aromatic rings. The first kappa shape index (κ1) is 13.1. The van der Waals surface area contributed by atoms with Crippen molar-refractivity contribution in [3.63, 3.8) is 0 Å². The topological polar surface area (TPSA) is 26.3 Å². The molecule has 1 saturated carbocycles. The number of halogens is 3. The van der Waals surface area contributed by atoms with Gasteiger partial charge in [0, 0.05) is 14.4 Å². The van der Waals surface area contributed by atoms with Gasteiger partial charge in [0.15, 0.2) is 0 Å². The lowest BCUT2D eigenvalue weighted by molar-refractivity contribution is -0.203. The zero-order valence-corrected chi connectivity index (χ0v) is 10.8. The number of carbonyl (C=O) groups excluding carboxylic acids is 1. The second-order valence-corrected chi connectivity index (χ2v) is 5.59. The van der Waals surface area contributed by atoms with Crippen LogP contribution < -0.4 is 0 Å². The lowest BCUT2D eigenvalue weighted by Gasteiger charge is -2.35. The average molecular weight is 332 g/mol. The Morgan fingerprint density at radius 3 is 2.60 bits per heavy atom. The SMILES string of the molecule is CCC(F)(C(=O)OF)C1CCCCC1I. The molecule has 0 saturated heterocycles. The predicted octanol–water partition coefficient (Wildman–Crippen LogP) is 3.53. The van der Waals surface area contributed by atoms with E-state index in [4.69, 9.17) is 0 Å². The molecular formula is C10H15F2IO2. The third-order valence-electron chi connectivity index (χ3n) is 3.19. The fourth-order valence-corrected chi connectivity index (χ4v) is 3.59. The van der Waals surface area contributed by atoms with Gasteiger partial charge in [0.05, 0.1) is 0 Å². The largest absolute Gasteiger partial charge is 0.385 e. The third-order valence-corrected chi connectivity index (χ3v) is 4.68. The average Bonchev–Trinajstić information content (AvgIpc) is 2.27. The molecule has 0 aromatic carbocycles. The van der Waals surface area contributed by atoms with E-state index in [0.717, 1.165) is 19.3 Å². The molecule has 0 radical (unpaired) electrons. The van der Waals surface area contributed by atoms with E-state index < -0.39 is 17.6 Å². The summed E-state index contributed by atoms with van der Waals surface area (Å²) in [6.45, 7) is 1.55. The van der Waals surface area contributed by atoms with E-state index in [1.54, 1.807) is 6.92 Å². The highest BCUT2D eigenvalue weighted by Crippen LogP contribution is 2.42. The number of hydrogen-bond acceptors (Lipinski definition) is 2. The van der Waals surface area contributed by atoms with Gasteiger partial charge in [-0.2, -0.15) is 0 Å². The first-order valence-electron chi connectivity index (χ1n) is 5.22. The summed E-state index contributed by atoms with van der Waals surface area (Å²) in [5.74, 6) is -1.78. The molecule has 2 nitrogen and oxygen atoms in total. The molecule has 0 N–H and O–H groups in total. The zero-order valence-electron chi connectivity index (χ0n) is 8.64. The van der Waals surface area contributed by atoms with Crippen LogP contribution in [-0.4, -0.2) is 15.6 Å². The fourth-order valence-electron chi connectivity index (χ4n) is 2.22. The van der Waals surface area contributed by atoms with Gasteiger partial charge in [-0.3, -0.25) is 4.94 Å². The Hall–Kier alpha value is 0.0600. The summed E-state index contributed by atoms with van der Waals surface area (Å²) < 4.78 is 26.3. The summed E-state index contributed by atoms with van der Waals surface area (Å²) in [5, 5.41) is 0. The monoisotopic (exact) mass is 332 g/mol. The van der Waals surface area contributed by atoms with Gasteiger partial charge in [-0.25, -0.2) is 9.18 Å². The normalized spacial score (nSPS) is 30.7. The van der Waals surface area contributed by atoms with Crippen molar-refractivity contribution in [2.75, 3.05) is 0 Å². The Morgan fingerprint density at radius 1 is 1.53 bits per heavy atom. The van der Waals surface area contributed by atoms with E-state index in [9.17, 15) is 13.7 Å². The van der Waals surface area contributed by atoms with Crippen LogP contribution in [0.4, 0.5) is 8.92 Å². The van der Waals surface area contributed by atoms with Crippen molar-refractivity contribution in [2.24, 2.45) is 5.92 Å². The van der Waals surface area contributed by atoms with Crippen molar-refractivity contribution < 1.29 is 18.7 Å². The van der Waals surface area contributed by atoms with Gasteiger partial charge < -0.3 is 0 Å². The lowest BCUT2D eigenvalue weighted by atomic mass is 9.76. The molecule has 0 spiro atoms. The van der Waals surface area contributed by atoms with Gasteiger partial charge >= 0.3 is 5.97 Å². The highest BCUT2D eigenvalue weighted by atomic mass is 127. The molecule has 1 fully saturated rings. The van der Waals surface area contributed by atoms with Crippen LogP contribution in [0.15, 0.2) is 0 Å². The lowest BCUT2D eigenvalue weighted by Crippen LogP contribution is -2.46. The molecule has 0 bridgehead atoms. The van der Waals surface area contributed by atoms with Crippen molar-refractivity contribution in [3.8, 4) is 0 Å². The fraction of sp³-hybridized carbons (Fsp3) is 0.900. The number of alkyl halides is 2. The first-order chi connectivity index (χ1) is 7.06. The van der Waals surface area contributed by atoms with Crippen LogP contribution in [0.25, 0.3) is 0 Å². The maximum Gasteiger partial charge on any atom is 0.385 e. The van der Waals surface area contributed by atoms with E-state index in [1.165, 1.54) is 0 Å². The zero-order chi connectivity index (χ0) is 11.5. The van der Waals surface area contributed by atoms with Crippen LogP contribution >= 0.6 is 22.6 Å². The van der Waals surface area contributed by atoms with E-state index in [2.05, 4.69) is 27.5 Å². The summed E-state index contributed by atoms with van der Waals surface area (Å²) >= 11 is 2.15. The van der Waals surface area contributed by atoms with E-state index in [-0.39, 0.29) is 10.3 Å². The number of carbonyl (C=O) groups is 1. The first-order valence-corrected chi connectivity index (χ1v) is 6.46. The summed E-state index contributed by atoms with van der Waals surface area (Å²) in [4.78, 5) is 14.2. The molecule has 15 heavy (non-hydrogen) atoms. The quantitative estimate of drug-likeness (QED) is 0.584. The molecule has 88 valence electrons. The predicted molar refractivity (Wildman–Crippen MR) is 61.1 cm³/mol. The van der Waals surface area contributed by atoms with Crippen LogP contribution in [0.2, 0.25) is 0 Å². The van der Waals surface area contributed by atoms with E-state index in [0.29, 0.717) is 6.42 Å². The maximum absolute atomic E-state index is 14.3. The van der Waals surface area contributed by atoms with Gasteiger partial charge in [0.25, 0.3) is 0 Å². The second kappa shape index (κ2) is 5.41. The summed E-state index contributed by atoms with van der Waals surface area (Å²) in [7, 11) is 0. The molecule has 1 rings (SSSR count). The van der Waals surface area contributed by atoms with E-state index in [1.807, 2.05) is 0 Å². The van der Waals surface area contributed by atoms with Gasteiger partial charge in [-0.15, -0.1) is 0 Å².